The van der Waals surface area contributed by atoms with Crippen molar-refractivity contribution in [3.63, 3.8) is 0 Å². The Kier molecular flexibility index (Phi) is 6.21. The fourth-order valence-corrected chi connectivity index (χ4v) is 4.49. The Labute approximate surface area is 158 Å². The van der Waals surface area contributed by atoms with Crippen molar-refractivity contribution >= 4 is 33.4 Å². The quantitative estimate of drug-likeness (QED) is 0.815. The van der Waals surface area contributed by atoms with Gasteiger partial charge < -0.3 is 10.6 Å². The summed E-state index contributed by atoms with van der Waals surface area (Å²) in [5, 5.41) is 6.61. The lowest BCUT2D eigenvalue weighted by Crippen LogP contribution is -2.49. The van der Waals surface area contributed by atoms with Crippen molar-refractivity contribution < 1.29 is 9.59 Å². The second-order valence-electron chi connectivity index (χ2n) is 6.69. The second-order valence-corrected chi connectivity index (χ2v) is 7.75. The number of fused-ring (bicyclic) bond motifs is 1. The lowest BCUT2D eigenvalue weighted by atomic mass is 10.0. The summed E-state index contributed by atoms with van der Waals surface area (Å²) >= 11 is 1.71. The van der Waals surface area contributed by atoms with E-state index in [0.717, 1.165) is 36.3 Å². The minimum absolute atomic E-state index is 0.114. The lowest BCUT2D eigenvalue weighted by molar-refractivity contribution is -0.129. The van der Waals surface area contributed by atoms with Crippen LogP contribution in [-0.4, -0.2) is 47.4 Å². The summed E-state index contributed by atoms with van der Waals surface area (Å²) in [6, 6.07) is 7.80. The third kappa shape index (κ3) is 4.40. The smallest absolute Gasteiger partial charge is 0.242 e. The molecule has 26 heavy (non-hydrogen) atoms. The van der Waals surface area contributed by atoms with E-state index >= 15 is 0 Å². The molecule has 1 aliphatic heterocycles. The van der Waals surface area contributed by atoms with Crippen molar-refractivity contribution in [3.05, 3.63) is 29.3 Å². The van der Waals surface area contributed by atoms with Crippen LogP contribution in [0.5, 0.6) is 0 Å². The molecule has 0 saturated carbocycles. The van der Waals surface area contributed by atoms with Gasteiger partial charge in [0.05, 0.1) is 22.8 Å². The zero-order chi connectivity index (χ0) is 18.5. The van der Waals surface area contributed by atoms with Gasteiger partial charge in [-0.05, 0) is 45.4 Å². The standard InChI is InChI=1S/C19H26N4O2S/c1-3-20-18(25)13(2)21-17(24)12-23-11-7-6-9-15(23)19-22-14-8-4-5-10-16(14)26-19/h4-5,8,10,13,15H,3,6-7,9,11-12H2,1-2H3,(H,20,25)(H,21,24)/t13-,15+/m0/s1. The molecule has 0 bridgehead atoms. The van der Waals surface area contributed by atoms with E-state index in [0.29, 0.717) is 13.1 Å². The first-order chi connectivity index (χ1) is 12.6. The first-order valence-corrected chi connectivity index (χ1v) is 10.1. The number of carbonyl (C=O) groups excluding carboxylic acids is 2. The van der Waals surface area contributed by atoms with Gasteiger partial charge in [-0.15, -0.1) is 11.3 Å². The maximum absolute atomic E-state index is 12.4. The zero-order valence-corrected chi connectivity index (χ0v) is 16.1. The maximum atomic E-state index is 12.4. The monoisotopic (exact) mass is 374 g/mol. The van der Waals surface area contributed by atoms with Gasteiger partial charge in [0.2, 0.25) is 11.8 Å². The number of nitrogens with zero attached hydrogens (tertiary/aromatic N) is 2. The number of piperidine rings is 1. The first-order valence-electron chi connectivity index (χ1n) is 9.25. The van der Waals surface area contributed by atoms with Gasteiger partial charge in [-0.3, -0.25) is 14.5 Å². The van der Waals surface area contributed by atoms with Crippen molar-refractivity contribution in [2.75, 3.05) is 19.6 Å². The minimum Gasteiger partial charge on any atom is -0.355 e. The van der Waals surface area contributed by atoms with Crippen molar-refractivity contribution in [2.24, 2.45) is 0 Å². The maximum Gasteiger partial charge on any atom is 0.242 e. The van der Waals surface area contributed by atoms with E-state index in [1.807, 2.05) is 25.1 Å². The number of hydrogen-bond donors (Lipinski definition) is 2. The van der Waals surface area contributed by atoms with Crippen molar-refractivity contribution in [2.45, 2.75) is 45.2 Å². The molecule has 1 aromatic heterocycles. The highest BCUT2D eigenvalue weighted by atomic mass is 32.1. The Morgan fingerprint density at radius 2 is 2.15 bits per heavy atom. The first kappa shape index (κ1) is 18.8. The molecule has 3 rings (SSSR count). The van der Waals surface area contributed by atoms with Crippen molar-refractivity contribution in [1.29, 1.82) is 0 Å². The highest BCUT2D eigenvalue weighted by molar-refractivity contribution is 7.18. The Hall–Kier alpha value is -1.99. The van der Waals surface area contributed by atoms with Gasteiger partial charge in [0.25, 0.3) is 0 Å². The molecular weight excluding hydrogens is 348 g/mol. The summed E-state index contributed by atoms with van der Waals surface area (Å²) in [5.74, 6) is -0.265. The Bertz CT molecular complexity index is 743. The molecule has 2 N–H and O–H groups in total. The predicted molar refractivity (Wildman–Crippen MR) is 104 cm³/mol. The van der Waals surface area contributed by atoms with E-state index in [1.165, 1.54) is 4.70 Å². The van der Waals surface area contributed by atoms with Gasteiger partial charge in [-0.1, -0.05) is 18.6 Å². The number of aromatic nitrogens is 1. The number of rotatable bonds is 6. The fourth-order valence-electron chi connectivity index (χ4n) is 3.36. The number of amides is 2. The van der Waals surface area contributed by atoms with Crippen molar-refractivity contribution in [3.8, 4) is 0 Å². The largest absolute Gasteiger partial charge is 0.355 e. The molecule has 2 atom stereocenters. The minimum atomic E-state index is -0.520. The van der Waals surface area contributed by atoms with E-state index < -0.39 is 6.04 Å². The van der Waals surface area contributed by atoms with Crippen LogP contribution in [0.4, 0.5) is 0 Å². The van der Waals surface area contributed by atoms with Crippen LogP contribution in [0.2, 0.25) is 0 Å². The van der Waals surface area contributed by atoms with Crippen LogP contribution < -0.4 is 10.6 Å². The molecule has 2 heterocycles. The Morgan fingerprint density at radius 3 is 2.92 bits per heavy atom. The molecule has 2 aromatic rings. The average Bonchev–Trinajstić information content (AvgIpc) is 3.06. The van der Waals surface area contributed by atoms with Crippen LogP contribution in [-0.2, 0) is 9.59 Å². The summed E-state index contributed by atoms with van der Waals surface area (Å²) < 4.78 is 1.18. The number of carbonyl (C=O) groups is 2. The van der Waals surface area contributed by atoms with Gasteiger partial charge in [0, 0.05) is 6.54 Å². The molecule has 6 nitrogen and oxygen atoms in total. The molecule has 1 fully saturated rings. The van der Waals surface area contributed by atoms with Gasteiger partial charge >= 0.3 is 0 Å². The molecule has 1 saturated heterocycles. The summed E-state index contributed by atoms with van der Waals surface area (Å²) in [6.07, 6.45) is 3.24. The average molecular weight is 375 g/mol. The third-order valence-electron chi connectivity index (χ3n) is 4.68. The second kappa shape index (κ2) is 8.60. The third-order valence-corrected chi connectivity index (χ3v) is 5.82. The molecule has 0 aliphatic carbocycles. The molecule has 140 valence electrons. The molecule has 0 spiro atoms. The zero-order valence-electron chi connectivity index (χ0n) is 15.3. The van der Waals surface area contributed by atoms with E-state index in [1.54, 1.807) is 18.3 Å². The van der Waals surface area contributed by atoms with Crippen LogP contribution in [0.25, 0.3) is 10.2 Å². The molecule has 1 aliphatic rings. The summed E-state index contributed by atoms with van der Waals surface area (Å²) in [6.45, 7) is 5.31. The van der Waals surface area contributed by atoms with Gasteiger partial charge in [-0.2, -0.15) is 0 Å². The molecule has 1 aromatic carbocycles. The summed E-state index contributed by atoms with van der Waals surface area (Å²) in [7, 11) is 0. The van der Waals surface area contributed by atoms with Gasteiger partial charge in [0.15, 0.2) is 0 Å². The lowest BCUT2D eigenvalue weighted by Gasteiger charge is -2.34. The number of likely N-dealkylation sites (tertiary alicyclic amines) is 1. The van der Waals surface area contributed by atoms with E-state index in [9.17, 15) is 9.59 Å². The number of hydrogen-bond acceptors (Lipinski definition) is 5. The highest BCUT2D eigenvalue weighted by Gasteiger charge is 2.28. The van der Waals surface area contributed by atoms with Crippen LogP contribution in [0, 0.1) is 0 Å². The highest BCUT2D eigenvalue weighted by Crippen LogP contribution is 2.35. The van der Waals surface area contributed by atoms with E-state index in [-0.39, 0.29) is 17.9 Å². The number of benzene rings is 1. The van der Waals surface area contributed by atoms with Crippen LogP contribution in [0.3, 0.4) is 0 Å². The number of para-hydroxylation sites is 1. The Morgan fingerprint density at radius 1 is 1.35 bits per heavy atom. The summed E-state index contributed by atoms with van der Waals surface area (Å²) in [4.78, 5) is 31.2. The number of thiazole rings is 1. The van der Waals surface area contributed by atoms with Crippen molar-refractivity contribution in [1.82, 2.24) is 20.5 Å². The van der Waals surface area contributed by atoms with E-state index in [2.05, 4.69) is 21.6 Å². The van der Waals surface area contributed by atoms with Gasteiger partial charge in [-0.25, -0.2) is 4.98 Å². The molecule has 0 radical (unpaired) electrons. The van der Waals surface area contributed by atoms with Crippen LogP contribution in [0.1, 0.15) is 44.2 Å². The van der Waals surface area contributed by atoms with Crippen LogP contribution >= 0.6 is 11.3 Å². The van der Waals surface area contributed by atoms with E-state index in [4.69, 9.17) is 4.98 Å². The number of likely N-dealkylation sites (N-methyl/N-ethyl adjacent to an activating group) is 1. The number of nitrogens with one attached hydrogen (secondary N) is 2. The molecule has 7 heteroatoms. The molecular formula is C19H26N4O2S. The normalized spacial score (nSPS) is 19.2. The van der Waals surface area contributed by atoms with Gasteiger partial charge in [0.1, 0.15) is 11.0 Å². The fraction of sp³-hybridized carbons (Fsp3) is 0.526. The topological polar surface area (TPSA) is 74.3 Å². The van der Waals surface area contributed by atoms with Crippen LogP contribution in [0.15, 0.2) is 24.3 Å². The molecule has 2 amide bonds. The molecule has 0 unspecified atom stereocenters. The summed E-state index contributed by atoms with van der Waals surface area (Å²) in [5.41, 5.74) is 1.02. The predicted octanol–water partition coefficient (Wildman–Crippen LogP) is 2.46. The Balaban J connectivity index is 1.67. The SMILES string of the molecule is CCNC(=O)[C@H](C)NC(=O)CN1CCCC[C@@H]1c1nc2ccccc2s1.